The van der Waals surface area contributed by atoms with Crippen LogP contribution in [0, 0.1) is 0 Å². The molecule has 0 saturated carbocycles. The van der Waals surface area contributed by atoms with Crippen molar-refractivity contribution >= 4 is 50.7 Å². The predicted molar refractivity (Wildman–Crippen MR) is 134 cm³/mol. The van der Waals surface area contributed by atoms with Gasteiger partial charge in [-0.15, -0.1) is 0 Å². The Morgan fingerprint density at radius 3 is 2.52 bits per heavy atom. The van der Waals surface area contributed by atoms with Gasteiger partial charge < -0.3 is 9.30 Å². The zero-order chi connectivity index (χ0) is 22.8. The Kier molecular flexibility index (Phi) is 5.92. The number of aromatic nitrogens is 1. The molecule has 2 heterocycles. The minimum absolute atomic E-state index is 0.211. The second-order valence-corrected chi connectivity index (χ2v) is 8.95. The molecule has 1 aliphatic rings. The van der Waals surface area contributed by atoms with Crippen LogP contribution < -0.4 is 4.74 Å². The summed E-state index contributed by atoms with van der Waals surface area (Å²) in [5.74, 6) is 0.484. The highest BCUT2D eigenvalue weighted by Gasteiger charge is 2.35. The Balaban J connectivity index is 1.32. The largest absolute Gasteiger partial charge is 0.491 e. The molecule has 4 aromatic rings. The molecular formula is C27H24N2O3S. The second-order valence-electron chi connectivity index (χ2n) is 7.95. The summed E-state index contributed by atoms with van der Waals surface area (Å²) in [5.41, 5.74) is 2.09. The van der Waals surface area contributed by atoms with Gasteiger partial charge in [-0.2, -0.15) is 0 Å². The summed E-state index contributed by atoms with van der Waals surface area (Å²) in [6.07, 6.45) is 4.92. The SMILES string of the molecule is CCCn1cc(/C=C2\SC(=O)N(CCOc3cccc4ccccc34)C2=O)c2ccccc21. The summed E-state index contributed by atoms with van der Waals surface area (Å²) in [6.45, 7) is 3.50. The lowest BCUT2D eigenvalue weighted by Gasteiger charge is -2.14. The molecule has 166 valence electrons. The number of thioether (sulfide) groups is 1. The van der Waals surface area contributed by atoms with Crippen molar-refractivity contribution in [1.29, 1.82) is 0 Å². The molecule has 1 fully saturated rings. The Morgan fingerprint density at radius 1 is 0.909 bits per heavy atom. The highest BCUT2D eigenvalue weighted by Crippen LogP contribution is 2.34. The Morgan fingerprint density at radius 2 is 1.67 bits per heavy atom. The third kappa shape index (κ3) is 4.14. The molecule has 0 N–H and O–H groups in total. The minimum Gasteiger partial charge on any atom is -0.491 e. The van der Waals surface area contributed by atoms with E-state index in [0.717, 1.165) is 57.7 Å². The van der Waals surface area contributed by atoms with E-state index < -0.39 is 0 Å². The molecular weight excluding hydrogens is 432 g/mol. The molecule has 0 aliphatic carbocycles. The first kappa shape index (κ1) is 21.3. The van der Waals surface area contributed by atoms with Crippen molar-refractivity contribution in [1.82, 2.24) is 9.47 Å². The molecule has 0 spiro atoms. The molecule has 33 heavy (non-hydrogen) atoms. The number of amides is 2. The standard InChI is InChI=1S/C27H24N2O3S/c1-2-14-28-18-20(21-10-5-6-12-23(21)28)17-25-26(30)29(27(31)33-25)15-16-32-24-13-7-9-19-8-3-4-11-22(19)24/h3-13,17-18H,2,14-16H2,1H3/b25-17-. The summed E-state index contributed by atoms with van der Waals surface area (Å²) in [5, 5.41) is 2.92. The number of carbonyl (C=O) groups is 2. The second kappa shape index (κ2) is 9.16. The van der Waals surface area contributed by atoms with Gasteiger partial charge in [0.25, 0.3) is 11.1 Å². The van der Waals surface area contributed by atoms with Crippen LogP contribution in [0.15, 0.2) is 77.8 Å². The van der Waals surface area contributed by atoms with E-state index in [9.17, 15) is 9.59 Å². The van der Waals surface area contributed by atoms with Crippen molar-refractivity contribution in [3.05, 3.63) is 83.4 Å². The quantitative estimate of drug-likeness (QED) is 0.305. The van der Waals surface area contributed by atoms with Gasteiger partial charge in [-0.3, -0.25) is 14.5 Å². The van der Waals surface area contributed by atoms with Gasteiger partial charge in [0.05, 0.1) is 11.4 Å². The molecule has 1 saturated heterocycles. The molecule has 6 heteroatoms. The molecule has 0 radical (unpaired) electrons. The molecule has 5 nitrogen and oxygen atoms in total. The van der Waals surface area contributed by atoms with E-state index in [1.54, 1.807) is 0 Å². The number of carbonyl (C=O) groups excluding carboxylic acids is 2. The zero-order valence-electron chi connectivity index (χ0n) is 18.4. The number of ether oxygens (including phenoxy) is 1. The van der Waals surface area contributed by atoms with Crippen LogP contribution in [0.4, 0.5) is 4.79 Å². The Bertz CT molecular complexity index is 1380. The zero-order valence-corrected chi connectivity index (χ0v) is 19.2. The highest BCUT2D eigenvalue weighted by atomic mass is 32.2. The first-order chi connectivity index (χ1) is 16.2. The van der Waals surface area contributed by atoms with Crippen molar-refractivity contribution in [2.75, 3.05) is 13.2 Å². The maximum atomic E-state index is 13.0. The first-order valence-electron chi connectivity index (χ1n) is 11.1. The van der Waals surface area contributed by atoms with E-state index in [1.807, 2.05) is 60.7 Å². The van der Waals surface area contributed by atoms with Crippen LogP contribution in [-0.2, 0) is 11.3 Å². The van der Waals surface area contributed by atoms with Crippen LogP contribution in [0.1, 0.15) is 18.9 Å². The van der Waals surface area contributed by atoms with Crippen molar-refractivity contribution in [3.63, 3.8) is 0 Å². The maximum absolute atomic E-state index is 13.0. The first-order valence-corrected chi connectivity index (χ1v) is 11.9. The van der Waals surface area contributed by atoms with Crippen molar-refractivity contribution in [2.45, 2.75) is 19.9 Å². The molecule has 3 aromatic carbocycles. The number of imide groups is 1. The van der Waals surface area contributed by atoms with E-state index in [-0.39, 0.29) is 24.3 Å². The Hall–Kier alpha value is -3.51. The summed E-state index contributed by atoms with van der Waals surface area (Å²) < 4.78 is 8.14. The molecule has 0 atom stereocenters. The lowest BCUT2D eigenvalue weighted by molar-refractivity contribution is -0.123. The summed E-state index contributed by atoms with van der Waals surface area (Å²) in [4.78, 5) is 27.3. The van der Waals surface area contributed by atoms with Crippen LogP contribution >= 0.6 is 11.8 Å². The third-order valence-corrected chi connectivity index (χ3v) is 6.67. The van der Waals surface area contributed by atoms with Gasteiger partial charge in [-0.25, -0.2) is 0 Å². The summed E-state index contributed by atoms with van der Waals surface area (Å²) in [7, 11) is 0. The van der Waals surface area contributed by atoms with Gasteiger partial charge in [0.15, 0.2) is 0 Å². The van der Waals surface area contributed by atoms with Gasteiger partial charge >= 0.3 is 0 Å². The van der Waals surface area contributed by atoms with Crippen LogP contribution in [-0.4, -0.2) is 33.8 Å². The van der Waals surface area contributed by atoms with Gasteiger partial charge in [0.1, 0.15) is 12.4 Å². The fourth-order valence-corrected chi connectivity index (χ4v) is 5.07. The molecule has 2 amide bonds. The van der Waals surface area contributed by atoms with Crippen LogP contribution in [0.5, 0.6) is 5.75 Å². The number of rotatable bonds is 7. The monoisotopic (exact) mass is 456 g/mol. The van der Waals surface area contributed by atoms with Gasteiger partial charge in [-0.05, 0) is 41.8 Å². The highest BCUT2D eigenvalue weighted by molar-refractivity contribution is 8.18. The summed E-state index contributed by atoms with van der Waals surface area (Å²) >= 11 is 0.990. The molecule has 5 rings (SSSR count). The van der Waals surface area contributed by atoms with E-state index in [0.29, 0.717) is 4.91 Å². The number of nitrogens with zero attached hydrogens (tertiary/aromatic N) is 2. The number of hydrogen-bond acceptors (Lipinski definition) is 4. The lowest BCUT2D eigenvalue weighted by Crippen LogP contribution is -2.32. The predicted octanol–water partition coefficient (Wildman–Crippen LogP) is 6.32. The maximum Gasteiger partial charge on any atom is 0.293 e. The van der Waals surface area contributed by atoms with Crippen molar-refractivity contribution < 1.29 is 14.3 Å². The van der Waals surface area contributed by atoms with Crippen LogP contribution in [0.3, 0.4) is 0 Å². The molecule has 1 aliphatic heterocycles. The van der Waals surface area contributed by atoms with E-state index >= 15 is 0 Å². The van der Waals surface area contributed by atoms with Crippen LogP contribution in [0.25, 0.3) is 27.8 Å². The van der Waals surface area contributed by atoms with Crippen molar-refractivity contribution in [3.8, 4) is 5.75 Å². The smallest absolute Gasteiger partial charge is 0.293 e. The number of para-hydroxylation sites is 1. The lowest BCUT2D eigenvalue weighted by atomic mass is 10.1. The number of hydrogen-bond donors (Lipinski definition) is 0. The summed E-state index contributed by atoms with van der Waals surface area (Å²) in [6, 6.07) is 22.0. The third-order valence-electron chi connectivity index (χ3n) is 5.77. The van der Waals surface area contributed by atoms with Gasteiger partial charge in [0.2, 0.25) is 0 Å². The fourth-order valence-electron chi connectivity index (χ4n) is 4.22. The number of benzene rings is 3. The molecule has 0 bridgehead atoms. The van der Waals surface area contributed by atoms with Gasteiger partial charge in [-0.1, -0.05) is 61.5 Å². The average Bonchev–Trinajstić information content (AvgIpc) is 3.31. The molecule has 1 aromatic heterocycles. The van der Waals surface area contributed by atoms with E-state index in [1.165, 1.54) is 4.90 Å². The Labute approximate surface area is 196 Å². The molecule has 0 unspecified atom stereocenters. The normalized spacial score (nSPS) is 15.3. The van der Waals surface area contributed by atoms with E-state index in [4.69, 9.17) is 4.74 Å². The van der Waals surface area contributed by atoms with Gasteiger partial charge in [0, 0.05) is 34.6 Å². The fraction of sp³-hybridized carbons (Fsp3) is 0.185. The number of aryl methyl sites for hydroxylation is 1. The average molecular weight is 457 g/mol. The minimum atomic E-state index is -0.265. The van der Waals surface area contributed by atoms with E-state index in [2.05, 4.69) is 29.8 Å². The van der Waals surface area contributed by atoms with Crippen LogP contribution in [0.2, 0.25) is 0 Å². The number of fused-ring (bicyclic) bond motifs is 2. The van der Waals surface area contributed by atoms with Crippen molar-refractivity contribution in [2.24, 2.45) is 0 Å². The topological polar surface area (TPSA) is 51.5 Å².